The molecular weight excluding hydrogens is 342 g/mol. The first-order chi connectivity index (χ1) is 13.2. The molecule has 1 aromatic carbocycles. The SMILES string of the molecule is Nc1ncc(-c2cccc(-n3cccn3)c2)cc1C(=O)Nc1ccnnc1. The van der Waals surface area contributed by atoms with E-state index in [1.54, 1.807) is 29.2 Å². The predicted molar refractivity (Wildman–Crippen MR) is 101 cm³/mol. The zero-order valence-electron chi connectivity index (χ0n) is 14.1. The summed E-state index contributed by atoms with van der Waals surface area (Å²) in [4.78, 5) is 16.8. The Bertz CT molecular complexity index is 1080. The molecule has 8 nitrogen and oxygen atoms in total. The number of amides is 1. The lowest BCUT2D eigenvalue weighted by molar-refractivity contribution is 0.102. The predicted octanol–water partition coefficient (Wildman–Crippen LogP) is 2.56. The zero-order valence-corrected chi connectivity index (χ0v) is 14.1. The van der Waals surface area contributed by atoms with Crippen LogP contribution in [0.3, 0.4) is 0 Å². The van der Waals surface area contributed by atoms with Crippen molar-refractivity contribution in [3.63, 3.8) is 0 Å². The van der Waals surface area contributed by atoms with Crippen LogP contribution in [0.1, 0.15) is 10.4 Å². The highest BCUT2D eigenvalue weighted by atomic mass is 16.1. The molecule has 27 heavy (non-hydrogen) atoms. The maximum absolute atomic E-state index is 12.6. The number of rotatable bonds is 4. The van der Waals surface area contributed by atoms with Gasteiger partial charge in [0.2, 0.25) is 0 Å². The first kappa shape index (κ1) is 16.4. The minimum Gasteiger partial charge on any atom is -0.383 e. The minimum absolute atomic E-state index is 0.154. The molecule has 0 saturated carbocycles. The largest absolute Gasteiger partial charge is 0.383 e. The van der Waals surface area contributed by atoms with Gasteiger partial charge in [-0.05, 0) is 35.9 Å². The molecule has 0 aliphatic rings. The third-order valence-electron chi connectivity index (χ3n) is 3.95. The van der Waals surface area contributed by atoms with Gasteiger partial charge in [0.1, 0.15) is 5.82 Å². The Morgan fingerprint density at radius 3 is 2.70 bits per heavy atom. The number of pyridine rings is 1. The van der Waals surface area contributed by atoms with E-state index < -0.39 is 0 Å². The van der Waals surface area contributed by atoms with E-state index in [2.05, 4.69) is 25.6 Å². The number of carbonyl (C=O) groups excluding carboxylic acids is 1. The molecule has 1 amide bonds. The smallest absolute Gasteiger partial charge is 0.259 e. The highest BCUT2D eigenvalue weighted by Gasteiger charge is 2.13. The second kappa shape index (κ2) is 7.04. The van der Waals surface area contributed by atoms with Crippen LogP contribution in [0.2, 0.25) is 0 Å². The molecule has 3 N–H and O–H groups in total. The molecule has 0 spiro atoms. The van der Waals surface area contributed by atoms with Gasteiger partial charge in [-0.1, -0.05) is 12.1 Å². The van der Waals surface area contributed by atoms with Crippen molar-refractivity contribution in [2.45, 2.75) is 0 Å². The van der Waals surface area contributed by atoms with E-state index in [9.17, 15) is 4.79 Å². The fourth-order valence-corrected chi connectivity index (χ4v) is 2.63. The summed E-state index contributed by atoms with van der Waals surface area (Å²) < 4.78 is 1.76. The fraction of sp³-hybridized carbons (Fsp3) is 0. The maximum Gasteiger partial charge on any atom is 0.259 e. The lowest BCUT2D eigenvalue weighted by Crippen LogP contribution is -2.15. The number of nitrogen functional groups attached to an aromatic ring is 1. The fourth-order valence-electron chi connectivity index (χ4n) is 2.63. The van der Waals surface area contributed by atoms with Crippen LogP contribution in [0.5, 0.6) is 0 Å². The number of hydrogen-bond donors (Lipinski definition) is 2. The van der Waals surface area contributed by atoms with Gasteiger partial charge in [0.05, 0.1) is 29.3 Å². The van der Waals surface area contributed by atoms with Crippen LogP contribution in [0.25, 0.3) is 16.8 Å². The van der Waals surface area contributed by atoms with Crippen LogP contribution in [0.15, 0.2) is 73.4 Å². The minimum atomic E-state index is -0.363. The molecule has 4 aromatic rings. The standard InChI is InChI=1S/C19H15N7O/c20-18-17(19(27)25-15-5-7-22-23-12-15)10-14(11-21-18)13-3-1-4-16(9-13)26-8-2-6-24-26/h1-12H,(H2,20,21)(H,22,25,27). The Morgan fingerprint density at radius 1 is 1.00 bits per heavy atom. The zero-order chi connectivity index (χ0) is 18.6. The van der Waals surface area contributed by atoms with Gasteiger partial charge in [0, 0.05) is 24.2 Å². The van der Waals surface area contributed by atoms with Gasteiger partial charge in [-0.25, -0.2) is 9.67 Å². The van der Waals surface area contributed by atoms with E-state index in [0.29, 0.717) is 5.69 Å². The Kier molecular flexibility index (Phi) is 4.28. The average molecular weight is 357 g/mol. The Morgan fingerprint density at radius 2 is 1.93 bits per heavy atom. The first-order valence-corrected chi connectivity index (χ1v) is 8.15. The van der Waals surface area contributed by atoms with E-state index in [0.717, 1.165) is 16.8 Å². The van der Waals surface area contributed by atoms with Gasteiger partial charge < -0.3 is 11.1 Å². The topological polar surface area (TPSA) is 112 Å². The summed E-state index contributed by atoms with van der Waals surface area (Å²) in [6.45, 7) is 0. The van der Waals surface area contributed by atoms with Crippen molar-refractivity contribution >= 4 is 17.4 Å². The summed E-state index contributed by atoms with van der Waals surface area (Å²) in [6.07, 6.45) is 8.17. The molecule has 0 radical (unpaired) electrons. The summed E-state index contributed by atoms with van der Waals surface area (Å²) in [5, 5.41) is 14.4. The molecule has 3 heterocycles. The van der Waals surface area contributed by atoms with E-state index in [1.165, 1.54) is 12.4 Å². The summed E-state index contributed by atoms with van der Waals surface area (Å²) in [6, 6.07) is 13.0. The molecule has 4 rings (SSSR count). The number of nitrogens with one attached hydrogen (secondary N) is 1. The van der Waals surface area contributed by atoms with Crippen LogP contribution >= 0.6 is 0 Å². The van der Waals surface area contributed by atoms with Crippen molar-refractivity contribution in [1.82, 2.24) is 25.0 Å². The van der Waals surface area contributed by atoms with Gasteiger partial charge >= 0.3 is 0 Å². The molecule has 0 atom stereocenters. The number of aromatic nitrogens is 5. The Balaban J connectivity index is 1.66. The third kappa shape index (κ3) is 3.49. The lowest BCUT2D eigenvalue weighted by Gasteiger charge is -2.10. The van der Waals surface area contributed by atoms with Crippen LogP contribution in [0.4, 0.5) is 11.5 Å². The van der Waals surface area contributed by atoms with Crippen LogP contribution in [-0.2, 0) is 0 Å². The summed E-state index contributed by atoms with van der Waals surface area (Å²) in [5.74, 6) is -0.209. The van der Waals surface area contributed by atoms with Crippen LogP contribution in [-0.4, -0.2) is 30.9 Å². The van der Waals surface area contributed by atoms with Gasteiger partial charge in [-0.15, -0.1) is 0 Å². The molecule has 8 heteroatoms. The number of nitrogens with zero attached hydrogens (tertiary/aromatic N) is 5. The number of benzene rings is 1. The molecule has 0 unspecified atom stereocenters. The lowest BCUT2D eigenvalue weighted by atomic mass is 10.0. The van der Waals surface area contributed by atoms with E-state index in [-0.39, 0.29) is 17.3 Å². The number of anilines is 2. The maximum atomic E-state index is 12.6. The number of hydrogen-bond acceptors (Lipinski definition) is 6. The molecule has 3 aromatic heterocycles. The molecule has 0 fully saturated rings. The molecular formula is C19H15N7O. The van der Waals surface area contributed by atoms with Gasteiger partial charge in [0.25, 0.3) is 5.91 Å². The van der Waals surface area contributed by atoms with Crippen LogP contribution in [0, 0.1) is 0 Å². The van der Waals surface area contributed by atoms with Gasteiger partial charge in [0.15, 0.2) is 0 Å². The normalized spacial score (nSPS) is 10.5. The summed E-state index contributed by atoms with van der Waals surface area (Å²) in [5.41, 5.74) is 9.31. The third-order valence-corrected chi connectivity index (χ3v) is 3.95. The highest BCUT2D eigenvalue weighted by Crippen LogP contribution is 2.24. The Hall–Kier alpha value is -4.07. The van der Waals surface area contributed by atoms with E-state index >= 15 is 0 Å². The molecule has 132 valence electrons. The average Bonchev–Trinajstić information content (AvgIpc) is 3.24. The van der Waals surface area contributed by atoms with Gasteiger partial charge in [-0.2, -0.15) is 15.3 Å². The number of nitrogens with two attached hydrogens (primary N) is 1. The summed E-state index contributed by atoms with van der Waals surface area (Å²) >= 11 is 0. The van der Waals surface area contributed by atoms with Crippen molar-refractivity contribution in [1.29, 1.82) is 0 Å². The second-order valence-electron chi connectivity index (χ2n) is 5.74. The van der Waals surface area contributed by atoms with E-state index in [1.807, 2.05) is 36.5 Å². The highest BCUT2D eigenvalue weighted by molar-refractivity contribution is 6.07. The molecule has 0 bridgehead atoms. The van der Waals surface area contributed by atoms with Crippen molar-refractivity contribution in [3.05, 3.63) is 79.0 Å². The number of carbonyl (C=O) groups is 1. The first-order valence-electron chi connectivity index (χ1n) is 8.15. The molecule has 0 aliphatic carbocycles. The molecule has 0 saturated heterocycles. The second-order valence-corrected chi connectivity index (χ2v) is 5.74. The van der Waals surface area contributed by atoms with Crippen LogP contribution < -0.4 is 11.1 Å². The Labute approximate surface area is 154 Å². The van der Waals surface area contributed by atoms with Crippen molar-refractivity contribution in [2.75, 3.05) is 11.1 Å². The monoisotopic (exact) mass is 357 g/mol. The summed E-state index contributed by atoms with van der Waals surface area (Å²) in [7, 11) is 0. The quantitative estimate of drug-likeness (QED) is 0.580. The van der Waals surface area contributed by atoms with Crippen molar-refractivity contribution < 1.29 is 4.79 Å². The van der Waals surface area contributed by atoms with Gasteiger partial charge in [-0.3, -0.25) is 4.79 Å². The van der Waals surface area contributed by atoms with E-state index in [4.69, 9.17) is 5.73 Å². The van der Waals surface area contributed by atoms with Crippen molar-refractivity contribution in [3.8, 4) is 16.8 Å². The van der Waals surface area contributed by atoms with Crippen molar-refractivity contribution in [2.24, 2.45) is 0 Å². The molecule has 0 aliphatic heterocycles.